The highest BCUT2D eigenvalue weighted by molar-refractivity contribution is 9.10. The number of rotatable bonds is 5. The van der Waals surface area contributed by atoms with E-state index in [0.29, 0.717) is 17.2 Å². The van der Waals surface area contributed by atoms with E-state index in [1.54, 1.807) is 19.2 Å². The van der Waals surface area contributed by atoms with Crippen LogP contribution < -0.4 is 14.8 Å². The lowest BCUT2D eigenvalue weighted by Crippen LogP contribution is -2.20. The third-order valence-corrected chi connectivity index (χ3v) is 4.38. The van der Waals surface area contributed by atoms with Crippen molar-refractivity contribution in [2.24, 2.45) is 0 Å². The fraction of sp³-hybridized carbons (Fsp3) is 0.235. The Bertz CT molecular complexity index is 662. The lowest BCUT2D eigenvalue weighted by molar-refractivity contribution is -0.118. The lowest BCUT2D eigenvalue weighted by Gasteiger charge is -2.11. The Hall–Kier alpha value is -2.01. The maximum absolute atomic E-state index is 11.9. The summed E-state index contributed by atoms with van der Waals surface area (Å²) >= 11 is 3.50. The molecule has 0 fully saturated rings. The average molecular weight is 364 g/mol. The summed E-state index contributed by atoms with van der Waals surface area (Å²) in [5, 5.41) is 2.77. The van der Waals surface area contributed by atoms with Crippen molar-refractivity contribution in [3.8, 4) is 11.5 Å². The number of halogens is 1. The average Bonchev–Trinajstić information content (AvgIpc) is 2.50. The molecule has 0 bridgehead atoms. The molecule has 0 aliphatic heterocycles. The van der Waals surface area contributed by atoms with Gasteiger partial charge in [0.25, 0.3) is 5.91 Å². The van der Waals surface area contributed by atoms with Gasteiger partial charge in [-0.05, 0) is 49.2 Å². The molecule has 1 amide bonds. The Labute approximate surface area is 138 Å². The number of nitrogens with one attached hydrogen (secondary N) is 1. The van der Waals surface area contributed by atoms with Crippen LogP contribution in [0.1, 0.15) is 11.1 Å². The first-order valence-corrected chi connectivity index (χ1v) is 7.62. The number of amides is 1. The van der Waals surface area contributed by atoms with Crippen molar-refractivity contribution in [2.45, 2.75) is 13.8 Å². The van der Waals surface area contributed by atoms with Crippen LogP contribution in [0.15, 0.2) is 40.9 Å². The third-order valence-electron chi connectivity index (χ3n) is 3.13. The van der Waals surface area contributed by atoms with Crippen LogP contribution in [0.5, 0.6) is 11.5 Å². The number of hydrogen-bond donors (Lipinski definition) is 1. The third kappa shape index (κ3) is 4.24. The van der Waals surface area contributed by atoms with Crippen molar-refractivity contribution in [1.29, 1.82) is 0 Å². The summed E-state index contributed by atoms with van der Waals surface area (Å²) in [5.74, 6) is 1.16. The van der Waals surface area contributed by atoms with E-state index in [2.05, 4.69) is 21.2 Å². The lowest BCUT2D eigenvalue weighted by atomic mass is 10.1. The second-order valence-corrected chi connectivity index (χ2v) is 5.73. The summed E-state index contributed by atoms with van der Waals surface area (Å²) in [7, 11) is 1.59. The molecule has 2 rings (SSSR count). The zero-order valence-electron chi connectivity index (χ0n) is 12.8. The first kappa shape index (κ1) is 16.4. The smallest absolute Gasteiger partial charge is 0.262 e. The summed E-state index contributed by atoms with van der Waals surface area (Å²) in [6, 6.07) is 11.0. The van der Waals surface area contributed by atoms with Crippen LogP contribution >= 0.6 is 15.9 Å². The molecule has 0 atom stereocenters. The first-order chi connectivity index (χ1) is 10.5. The monoisotopic (exact) mass is 363 g/mol. The Morgan fingerprint density at radius 2 is 1.82 bits per heavy atom. The van der Waals surface area contributed by atoms with Gasteiger partial charge in [0, 0.05) is 16.2 Å². The predicted molar refractivity (Wildman–Crippen MR) is 90.7 cm³/mol. The zero-order chi connectivity index (χ0) is 16.1. The molecule has 116 valence electrons. The molecule has 5 heteroatoms. The van der Waals surface area contributed by atoms with Gasteiger partial charge in [-0.1, -0.05) is 22.0 Å². The van der Waals surface area contributed by atoms with Crippen LogP contribution in [0.4, 0.5) is 5.69 Å². The Kier molecular flexibility index (Phi) is 5.44. The molecular weight excluding hydrogens is 346 g/mol. The minimum atomic E-state index is -0.216. The molecular formula is C17H18BrNO3. The van der Waals surface area contributed by atoms with E-state index in [-0.39, 0.29) is 12.5 Å². The van der Waals surface area contributed by atoms with Crippen LogP contribution in [0, 0.1) is 13.8 Å². The second kappa shape index (κ2) is 7.31. The maximum Gasteiger partial charge on any atom is 0.262 e. The number of benzene rings is 2. The van der Waals surface area contributed by atoms with Crippen molar-refractivity contribution in [2.75, 3.05) is 19.0 Å². The van der Waals surface area contributed by atoms with Crippen LogP contribution in [0.25, 0.3) is 0 Å². The summed E-state index contributed by atoms with van der Waals surface area (Å²) < 4.78 is 11.7. The minimum Gasteiger partial charge on any atom is -0.497 e. The Balaban J connectivity index is 1.95. The number of carbonyl (C=O) groups is 1. The maximum atomic E-state index is 11.9. The fourth-order valence-electron chi connectivity index (χ4n) is 2.04. The van der Waals surface area contributed by atoms with Gasteiger partial charge < -0.3 is 14.8 Å². The molecule has 0 saturated heterocycles. The molecule has 0 aliphatic carbocycles. The highest BCUT2D eigenvalue weighted by Crippen LogP contribution is 2.26. The summed E-state index contributed by atoms with van der Waals surface area (Å²) in [6.07, 6.45) is 0. The van der Waals surface area contributed by atoms with Crippen molar-refractivity contribution >= 4 is 27.5 Å². The van der Waals surface area contributed by atoms with E-state index in [0.717, 1.165) is 15.6 Å². The van der Waals surface area contributed by atoms with Crippen molar-refractivity contribution in [1.82, 2.24) is 0 Å². The number of hydrogen-bond acceptors (Lipinski definition) is 3. The standard InChI is InChI=1S/C17H18BrNO3/c1-11-7-15(8-12(2)17(11)18)22-10-16(20)19-13-5-4-6-14(9-13)21-3/h4-9H,10H2,1-3H3,(H,19,20). The molecule has 0 radical (unpaired) electrons. The molecule has 0 aliphatic rings. The van der Waals surface area contributed by atoms with E-state index >= 15 is 0 Å². The summed E-state index contributed by atoms with van der Waals surface area (Å²) in [4.78, 5) is 11.9. The molecule has 0 heterocycles. The van der Waals surface area contributed by atoms with Gasteiger partial charge in [-0.3, -0.25) is 4.79 Å². The van der Waals surface area contributed by atoms with Gasteiger partial charge in [0.05, 0.1) is 7.11 Å². The predicted octanol–water partition coefficient (Wildman–Crippen LogP) is 4.09. The first-order valence-electron chi connectivity index (χ1n) is 6.83. The number of methoxy groups -OCH3 is 1. The zero-order valence-corrected chi connectivity index (χ0v) is 14.4. The molecule has 22 heavy (non-hydrogen) atoms. The highest BCUT2D eigenvalue weighted by atomic mass is 79.9. The molecule has 4 nitrogen and oxygen atoms in total. The van der Waals surface area contributed by atoms with Gasteiger partial charge in [-0.25, -0.2) is 0 Å². The van der Waals surface area contributed by atoms with Crippen molar-refractivity contribution in [3.63, 3.8) is 0 Å². The topological polar surface area (TPSA) is 47.6 Å². The Morgan fingerprint density at radius 3 is 2.45 bits per heavy atom. The highest BCUT2D eigenvalue weighted by Gasteiger charge is 2.07. The largest absolute Gasteiger partial charge is 0.497 e. The van der Waals surface area contributed by atoms with Gasteiger partial charge in [0.2, 0.25) is 0 Å². The van der Waals surface area contributed by atoms with E-state index in [9.17, 15) is 4.79 Å². The molecule has 0 spiro atoms. The van der Waals surface area contributed by atoms with Crippen LogP contribution in [0.3, 0.4) is 0 Å². The minimum absolute atomic E-state index is 0.0439. The van der Waals surface area contributed by atoms with Crippen LogP contribution in [-0.2, 0) is 4.79 Å². The number of anilines is 1. The SMILES string of the molecule is COc1cccc(NC(=O)COc2cc(C)c(Br)c(C)c2)c1. The van der Waals surface area contributed by atoms with Gasteiger partial charge in [-0.2, -0.15) is 0 Å². The molecule has 2 aromatic rings. The second-order valence-electron chi connectivity index (χ2n) is 4.94. The molecule has 1 N–H and O–H groups in total. The molecule has 0 aromatic heterocycles. The number of carbonyl (C=O) groups excluding carboxylic acids is 1. The Morgan fingerprint density at radius 1 is 1.14 bits per heavy atom. The van der Waals surface area contributed by atoms with E-state index < -0.39 is 0 Å². The molecule has 0 unspecified atom stereocenters. The van der Waals surface area contributed by atoms with Gasteiger partial charge in [0.15, 0.2) is 6.61 Å². The van der Waals surface area contributed by atoms with E-state index in [4.69, 9.17) is 9.47 Å². The summed E-state index contributed by atoms with van der Waals surface area (Å²) in [5.41, 5.74) is 2.82. The van der Waals surface area contributed by atoms with Gasteiger partial charge >= 0.3 is 0 Å². The normalized spacial score (nSPS) is 10.2. The van der Waals surface area contributed by atoms with Crippen LogP contribution in [-0.4, -0.2) is 19.6 Å². The number of ether oxygens (including phenoxy) is 2. The van der Waals surface area contributed by atoms with Gasteiger partial charge in [-0.15, -0.1) is 0 Å². The number of aryl methyl sites for hydroxylation is 2. The van der Waals surface area contributed by atoms with Gasteiger partial charge in [0.1, 0.15) is 11.5 Å². The van der Waals surface area contributed by atoms with E-state index in [1.165, 1.54) is 0 Å². The molecule has 2 aromatic carbocycles. The van der Waals surface area contributed by atoms with Crippen molar-refractivity contribution in [3.05, 3.63) is 52.0 Å². The fourth-order valence-corrected chi connectivity index (χ4v) is 2.27. The van der Waals surface area contributed by atoms with Crippen LogP contribution in [0.2, 0.25) is 0 Å². The van der Waals surface area contributed by atoms with E-state index in [1.807, 2.05) is 38.1 Å². The molecule has 0 saturated carbocycles. The quantitative estimate of drug-likeness (QED) is 0.869. The van der Waals surface area contributed by atoms with Crippen molar-refractivity contribution < 1.29 is 14.3 Å². The summed E-state index contributed by atoms with van der Waals surface area (Å²) in [6.45, 7) is 3.93.